The molecule has 1 saturated heterocycles. The molecule has 2 amide bonds. The van der Waals surface area contributed by atoms with Gasteiger partial charge in [0.1, 0.15) is 0 Å². The smallest absolute Gasteiger partial charge is 0.253 e. The molecule has 0 unspecified atom stereocenters. The van der Waals surface area contributed by atoms with E-state index in [1.54, 1.807) is 24.3 Å². The van der Waals surface area contributed by atoms with Crippen molar-refractivity contribution in [2.75, 3.05) is 18.4 Å². The summed E-state index contributed by atoms with van der Waals surface area (Å²) in [5, 5.41) is 3.56. The molecule has 0 saturated carbocycles. The molecule has 2 aromatic carbocycles. The molecule has 0 spiro atoms. The van der Waals surface area contributed by atoms with Crippen LogP contribution in [0.5, 0.6) is 0 Å². The summed E-state index contributed by atoms with van der Waals surface area (Å²) >= 11 is 5.85. The fourth-order valence-corrected chi connectivity index (χ4v) is 3.13. The molecule has 0 bridgehead atoms. The van der Waals surface area contributed by atoms with Gasteiger partial charge in [-0.2, -0.15) is 0 Å². The average molecular weight is 357 g/mol. The molecule has 4 nitrogen and oxygen atoms in total. The van der Waals surface area contributed by atoms with Crippen LogP contribution in [-0.4, -0.2) is 29.8 Å². The highest BCUT2D eigenvalue weighted by Gasteiger charge is 2.27. The second-order valence-electron chi connectivity index (χ2n) is 6.43. The van der Waals surface area contributed by atoms with Crippen LogP contribution in [0.1, 0.15) is 28.8 Å². The zero-order chi connectivity index (χ0) is 17.8. The molecule has 1 aliphatic rings. The van der Waals surface area contributed by atoms with E-state index in [1.165, 1.54) is 0 Å². The lowest BCUT2D eigenvalue weighted by atomic mass is 9.95. The molecule has 130 valence electrons. The number of piperidine rings is 1. The number of hydrogen-bond donors (Lipinski definition) is 1. The second kappa shape index (κ2) is 7.70. The van der Waals surface area contributed by atoms with E-state index in [-0.39, 0.29) is 17.7 Å². The number of carbonyl (C=O) groups excluding carboxylic acids is 2. The number of carbonyl (C=O) groups is 2. The SMILES string of the molecule is Cc1ccc(C(=O)N2CCC(C(=O)Nc3ccc(Cl)cc3)CC2)cc1. The maximum Gasteiger partial charge on any atom is 0.253 e. The van der Waals surface area contributed by atoms with Crippen LogP contribution in [0.2, 0.25) is 5.02 Å². The number of amides is 2. The first kappa shape index (κ1) is 17.5. The number of halogens is 1. The number of likely N-dealkylation sites (tertiary alicyclic amines) is 1. The molecule has 0 aliphatic carbocycles. The third-order valence-electron chi connectivity index (χ3n) is 4.56. The largest absolute Gasteiger partial charge is 0.339 e. The van der Waals surface area contributed by atoms with Crippen molar-refractivity contribution in [2.24, 2.45) is 5.92 Å². The molecule has 3 rings (SSSR count). The third-order valence-corrected chi connectivity index (χ3v) is 4.82. The molecular weight excluding hydrogens is 336 g/mol. The van der Waals surface area contributed by atoms with Gasteiger partial charge in [0.25, 0.3) is 5.91 Å². The quantitative estimate of drug-likeness (QED) is 0.898. The number of nitrogens with zero attached hydrogens (tertiary/aromatic N) is 1. The third kappa shape index (κ3) is 4.40. The van der Waals surface area contributed by atoms with Gasteiger partial charge in [-0.15, -0.1) is 0 Å². The maximum absolute atomic E-state index is 12.5. The van der Waals surface area contributed by atoms with E-state index in [4.69, 9.17) is 11.6 Å². The van der Waals surface area contributed by atoms with Gasteiger partial charge in [-0.25, -0.2) is 0 Å². The van der Waals surface area contributed by atoms with E-state index < -0.39 is 0 Å². The van der Waals surface area contributed by atoms with E-state index in [1.807, 2.05) is 36.1 Å². The Bertz CT molecular complexity index is 748. The fraction of sp³-hybridized carbons (Fsp3) is 0.300. The van der Waals surface area contributed by atoms with E-state index in [0.717, 1.165) is 11.3 Å². The molecule has 1 heterocycles. The lowest BCUT2D eigenvalue weighted by Gasteiger charge is -2.31. The summed E-state index contributed by atoms with van der Waals surface area (Å²) in [6.45, 7) is 3.20. The predicted molar refractivity (Wildman–Crippen MR) is 99.9 cm³/mol. The Morgan fingerprint density at radius 1 is 1.00 bits per heavy atom. The standard InChI is InChI=1S/C20H21ClN2O2/c1-14-2-4-16(5-3-14)20(25)23-12-10-15(11-13-23)19(24)22-18-8-6-17(21)7-9-18/h2-9,15H,10-13H2,1H3,(H,22,24). The molecule has 1 aliphatic heterocycles. The Morgan fingerprint density at radius 3 is 2.20 bits per heavy atom. The van der Waals surface area contributed by atoms with Crippen molar-refractivity contribution in [3.63, 3.8) is 0 Å². The predicted octanol–water partition coefficient (Wildman–Crippen LogP) is 4.14. The van der Waals surface area contributed by atoms with Crippen molar-refractivity contribution < 1.29 is 9.59 Å². The van der Waals surface area contributed by atoms with Crippen LogP contribution < -0.4 is 5.32 Å². The van der Waals surface area contributed by atoms with Crippen LogP contribution in [0.4, 0.5) is 5.69 Å². The van der Waals surface area contributed by atoms with Gasteiger partial charge in [0.2, 0.25) is 5.91 Å². The van der Waals surface area contributed by atoms with Gasteiger partial charge in [0.15, 0.2) is 0 Å². The summed E-state index contributed by atoms with van der Waals surface area (Å²) in [4.78, 5) is 26.7. The Balaban J connectivity index is 1.54. The van der Waals surface area contributed by atoms with Crippen LogP contribution in [0.3, 0.4) is 0 Å². The lowest BCUT2D eigenvalue weighted by molar-refractivity contribution is -0.121. The van der Waals surface area contributed by atoms with E-state index in [2.05, 4.69) is 5.32 Å². The van der Waals surface area contributed by atoms with Crippen molar-refractivity contribution in [2.45, 2.75) is 19.8 Å². The Labute approximate surface area is 152 Å². The number of hydrogen-bond acceptors (Lipinski definition) is 2. The highest BCUT2D eigenvalue weighted by Crippen LogP contribution is 2.22. The second-order valence-corrected chi connectivity index (χ2v) is 6.87. The van der Waals surface area contributed by atoms with Gasteiger partial charge in [0, 0.05) is 35.3 Å². The maximum atomic E-state index is 12.5. The van der Waals surface area contributed by atoms with Crippen LogP contribution in [0, 0.1) is 12.8 Å². The minimum atomic E-state index is -0.0715. The first-order valence-corrected chi connectivity index (χ1v) is 8.83. The summed E-state index contributed by atoms with van der Waals surface area (Å²) < 4.78 is 0. The fourth-order valence-electron chi connectivity index (χ4n) is 3.00. The van der Waals surface area contributed by atoms with Crippen molar-refractivity contribution in [1.29, 1.82) is 0 Å². The number of benzene rings is 2. The van der Waals surface area contributed by atoms with Crippen molar-refractivity contribution >= 4 is 29.1 Å². The lowest BCUT2D eigenvalue weighted by Crippen LogP contribution is -2.41. The van der Waals surface area contributed by atoms with Crippen molar-refractivity contribution in [3.8, 4) is 0 Å². The number of rotatable bonds is 3. The molecule has 0 atom stereocenters. The Hall–Kier alpha value is -2.33. The van der Waals surface area contributed by atoms with E-state index in [0.29, 0.717) is 36.5 Å². The monoisotopic (exact) mass is 356 g/mol. The van der Waals surface area contributed by atoms with Gasteiger partial charge >= 0.3 is 0 Å². The highest BCUT2D eigenvalue weighted by atomic mass is 35.5. The Morgan fingerprint density at radius 2 is 1.60 bits per heavy atom. The molecule has 1 fully saturated rings. The summed E-state index contributed by atoms with van der Waals surface area (Å²) in [7, 11) is 0. The van der Waals surface area contributed by atoms with Crippen LogP contribution in [0.25, 0.3) is 0 Å². The summed E-state index contributed by atoms with van der Waals surface area (Å²) in [6.07, 6.45) is 1.36. The molecule has 2 aromatic rings. The van der Waals surface area contributed by atoms with Crippen molar-refractivity contribution in [3.05, 3.63) is 64.7 Å². The van der Waals surface area contributed by atoms with Gasteiger partial charge in [-0.05, 0) is 56.2 Å². The van der Waals surface area contributed by atoms with Crippen LogP contribution >= 0.6 is 11.6 Å². The number of anilines is 1. The average Bonchev–Trinajstić information content (AvgIpc) is 2.64. The first-order valence-electron chi connectivity index (χ1n) is 8.45. The number of nitrogens with one attached hydrogen (secondary N) is 1. The molecule has 0 aromatic heterocycles. The number of aryl methyl sites for hydroxylation is 1. The molecule has 1 N–H and O–H groups in total. The normalized spacial score (nSPS) is 15.0. The van der Waals surface area contributed by atoms with Crippen LogP contribution in [0.15, 0.2) is 48.5 Å². The molecule has 0 radical (unpaired) electrons. The van der Waals surface area contributed by atoms with E-state index in [9.17, 15) is 9.59 Å². The summed E-state index contributed by atoms with van der Waals surface area (Å²) in [5.74, 6) is -0.0286. The summed E-state index contributed by atoms with van der Waals surface area (Å²) in [5.41, 5.74) is 2.58. The molecule has 25 heavy (non-hydrogen) atoms. The minimum Gasteiger partial charge on any atom is -0.339 e. The topological polar surface area (TPSA) is 49.4 Å². The Kier molecular flexibility index (Phi) is 5.39. The van der Waals surface area contributed by atoms with Gasteiger partial charge in [-0.1, -0.05) is 29.3 Å². The minimum absolute atomic E-state index is 0.00440. The molecule has 5 heteroatoms. The van der Waals surface area contributed by atoms with Gasteiger partial charge in [-0.3, -0.25) is 9.59 Å². The zero-order valence-electron chi connectivity index (χ0n) is 14.2. The van der Waals surface area contributed by atoms with Crippen LogP contribution in [-0.2, 0) is 4.79 Å². The zero-order valence-corrected chi connectivity index (χ0v) is 14.9. The van der Waals surface area contributed by atoms with Crippen molar-refractivity contribution in [1.82, 2.24) is 4.90 Å². The highest BCUT2D eigenvalue weighted by molar-refractivity contribution is 6.30. The first-order chi connectivity index (χ1) is 12.0. The summed E-state index contributed by atoms with van der Waals surface area (Å²) in [6, 6.07) is 14.7. The van der Waals surface area contributed by atoms with Gasteiger partial charge < -0.3 is 10.2 Å². The van der Waals surface area contributed by atoms with E-state index >= 15 is 0 Å². The van der Waals surface area contributed by atoms with Gasteiger partial charge in [0.05, 0.1) is 0 Å². The molecular formula is C20H21ClN2O2.